The van der Waals surface area contributed by atoms with Crippen LogP contribution in [0.25, 0.3) is 0 Å². The van der Waals surface area contributed by atoms with Gasteiger partial charge in [0.1, 0.15) is 0 Å². The van der Waals surface area contributed by atoms with Gasteiger partial charge in [0, 0.05) is 32.4 Å². The number of amides is 1. The van der Waals surface area contributed by atoms with E-state index in [1.54, 1.807) is 6.20 Å². The third-order valence-electron chi connectivity index (χ3n) is 3.54. The fourth-order valence-corrected chi connectivity index (χ4v) is 2.45. The van der Waals surface area contributed by atoms with Crippen LogP contribution in [0.5, 0.6) is 0 Å². The van der Waals surface area contributed by atoms with Gasteiger partial charge in [-0.1, -0.05) is 0 Å². The van der Waals surface area contributed by atoms with Gasteiger partial charge in [0.05, 0.1) is 31.0 Å². The van der Waals surface area contributed by atoms with E-state index in [-0.39, 0.29) is 5.91 Å². The average Bonchev–Trinajstić information content (AvgIpc) is 2.75. The molecular formula is C13H17N3O2. The molecule has 0 aromatic carbocycles. The van der Waals surface area contributed by atoms with E-state index in [4.69, 9.17) is 4.74 Å². The number of aromatic nitrogens is 1. The number of ether oxygens (including phenoxy) is 1. The maximum atomic E-state index is 12.1. The van der Waals surface area contributed by atoms with Crippen LogP contribution in [-0.2, 0) is 11.3 Å². The highest BCUT2D eigenvalue weighted by Crippen LogP contribution is 2.19. The smallest absolute Gasteiger partial charge is 0.256 e. The molecule has 3 rings (SSSR count). The van der Waals surface area contributed by atoms with E-state index >= 15 is 0 Å². The zero-order valence-electron chi connectivity index (χ0n) is 10.3. The molecule has 0 saturated carbocycles. The Morgan fingerprint density at radius 2 is 2.11 bits per heavy atom. The molecule has 0 atom stereocenters. The van der Waals surface area contributed by atoms with Gasteiger partial charge < -0.3 is 9.64 Å². The topological polar surface area (TPSA) is 45.7 Å². The SMILES string of the molecule is O=C1c2cccnc2CN1CCN1CCOCC1. The first kappa shape index (κ1) is 11.6. The van der Waals surface area contributed by atoms with E-state index < -0.39 is 0 Å². The predicted molar refractivity (Wildman–Crippen MR) is 66.2 cm³/mol. The summed E-state index contributed by atoms with van der Waals surface area (Å²) in [4.78, 5) is 20.6. The van der Waals surface area contributed by atoms with Gasteiger partial charge in [-0.3, -0.25) is 14.7 Å². The molecule has 0 unspecified atom stereocenters. The van der Waals surface area contributed by atoms with Crippen molar-refractivity contribution in [3.05, 3.63) is 29.6 Å². The first-order valence-corrected chi connectivity index (χ1v) is 6.38. The van der Waals surface area contributed by atoms with Crippen LogP contribution in [0.4, 0.5) is 0 Å². The highest BCUT2D eigenvalue weighted by molar-refractivity contribution is 5.97. The zero-order valence-corrected chi connectivity index (χ0v) is 10.3. The summed E-state index contributed by atoms with van der Waals surface area (Å²) in [6.07, 6.45) is 1.75. The van der Waals surface area contributed by atoms with Gasteiger partial charge in [0.25, 0.3) is 5.91 Å². The standard InChI is InChI=1S/C13H17N3O2/c17-13-11-2-1-3-14-12(11)10-16(13)5-4-15-6-8-18-9-7-15/h1-3H,4-10H2. The Bertz CT molecular complexity index is 444. The first-order chi connectivity index (χ1) is 8.84. The van der Waals surface area contributed by atoms with E-state index in [1.807, 2.05) is 17.0 Å². The predicted octanol–water partition coefficient (Wildman–Crippen LogP) is 0.370. The van der Waals surface area contributed by atoms with Crippen molar-refractivity contribution in [2.45, 2.75) is 6.54 Å². The van der Waals surface area contributed by atoms with Gasteiger partial charge in [-0.25, -0.2) is 0 Å². The summed E-state index contributed by atoms with van der Waals surface area (Å²) >= 11 is 0. The van der Waals surface area contributed by atoms with Crippen molar-refractivity contribution in [2.24, 2.45) is 0 Å². The van der Waals surface area contributed by atoms with Crippen LogP contribution in [-0.4, -0.2) is 60.1 Å². The molecule has 0 aliphatic carbocycles. The highest BCUT2D eigenvalue weighted by Gasteiger charge is 2.28. The van der Waals surface area contributed by atoms with Crippen molar-refractivity contribution < 1.29 is 9.53 Å². The third kappa shape index (κ3) is 2.23. The largest absolute Gasteiger partial charge is 0.379 e. The van der Waals surface area contributed by atoms with E-state index in [0.717, 1.165) is 50.7 Å². The minimum absolute atomic E-state index is 0.117. The van der Waals surface area contributed by atoms with Gasteiger partial charge in [-0.05, 0) is 12.1 Å². The van der Waals surface area contributed by atoms with Gasteiger partial charge in [-0.15, -0.1) is 0 Å². The first-order valence-electron chi connectivity index (χ1n) is 6.38. The second kappa shape index (κ2) is 5.04. The summed E-state index contributed by atoms with van der Waals surface area (Å²) in [6.45, 7) is 5.88. The lowest BCUT2D eigenvalue weighted by Crippen LogP contribution is -2.41. The maximum absolute atomic E-state index is 12.1. The minimum atomic E-state index is 0.117. The summed E-state index contributed by atoms with van der Waals surface area (Å²) in [5.41, 5.74) is 1.67. The second-order valence-electron chi connectivity index (χ2n) is 4.68. The summed E-state index contributed by atoms with van der Waals surface area (Å²) in [5.74, 6) is 0.117. The van der Waals surface area contributed by atoms with Crippen molar-refractivity contribution >= 4 is 5.91 Å². The fraction of sp³-hybridized carbons (Fsp3) is 0.538. The Hall–Kier alpha value is -1.46. The molecule has 96 valence electrons. The molecule has 1 fully saturated rings. The van der Waals surface area contributed by atoms with Crippen LogP contribution in [0.1, 0.15) is 16.1 Å². The molecular weight excluding hydrogens is 230 g/mol. The van der Waals surface area contributed by atoms with Crippen LogP contribution < -0.4 is 0 Å². The second-order valence-corrected chi connectivity index (χ2v) is 4.68. The molecule has 1 saturated heterocycles. The Morgan fingerprint density at radius 3 is 2.89 bits per heavy atom. The number of hydrogen-bond donors (Lipinski definition) is 0. The minimum Gasteiger partial charge on any atom is -0.379 e. The fourth-order valence-electron chi connectivity index (χ4n) is 2.45. The van der Waals surface area contributed by atoms with E-state index in [9.17, 15) is 4.79 Å². The van der Waals surface area contributed by atoms with Crippen LogP contribution in [0.3, 0.4) is 0 Å². The number of carbonyl (C=O) groups is 1. The maximum Gasteiger partial charge on any atom is 0.256 e. The van der Waals surface area contributed by atoms with Gasteiger partial charge in [0.15, 0.2) is 0 Å². The van der Waals surface area contributed by atoms with Gasteiger partial charge in [0.2, 0.25) is 0 Å². The van der Waals surface area contributed by atoms with Crippen molar-refractivity contribution in [1.82, 2.24) is 14.8 Å². The summed E-state index contributed by atoms with van der Waals surface area (Å²) < 4.78 is 5.31. The molecule has 0 N–H and O–H groups in total. The quantitative estimate of drug-likeness (QED) is 0.774. The Morgan fingerprint density at radius 1 is 1.28 bits per heavy atom. The molecule has 5 heteroatoms. The summed E-state index contributed by atoms with van der Waals surface area (Å²) in [5, 5.41) is 0. The molecule has 1 aromatic heterocycles. The van der Waals surface area contributed by atoms with E-state index in [2.05, 4.69) is 9.88 Å². The van der Waals surface area contributed by atoms with Crippen molar-refractivity contribution in [2.75, 3.05) is 39.4 Å². The molecule has 2 aliphatic rings. The van der Waals surface area contributed by atoms with Crippen molar-refractivity contribution in [3.8, 4) is 0 Å². The number of nitrogens with zero attached hydrogens (tertiary/aromatic N) is 3. The number of carbonyl (C=O) groups excluding carboxylic acids is 1. The Labute approximate surface area is 106 Å². The van der Waals surface area contributed by atoms with Crippen molar-refractivity contribution in [3.63, 3.8) is 0 Å². The molecule has 0 bridgehead atoms. The Kier molecular flexibility index (Phi) is 3.25. The molecule has 1 aromatic rings. The molecule has 2 aliphatic heterocycles. The summed E-state index contributed by atoms with van der Waals surface area (Å²) in [6, 6.07) is 3.68. The van der Waals surface area contributed by atoms with Crippen molar-refractivity contribution in [1.29, 1.82) is 0 Å². The lowest BCUT2D eigenvalue weighted by atomic mass is 10.2. The molecule has 3 heterocycles. The van der Waals surface area contributed by atoms with Crippen LogP contribution >= 0.6 is 0 Å². The monoisotopic (exact) mass is 247 g/mol. The summed E-state index contributed by atoms with van der Waals surface area (Å²) in [7, 11) is 0. The van der Waals surface area contributed by atoms with Crippen LogP contribution in [0, 0.1) is 0 Å². The lowest BCUT2D eigenvalue weighted by Gasteiger charge is -2.28. The number of fused-ring (bicyclic) bond motifs is 1. The molecule has 5 nitrogen and oxygen atoms in total. The normalized spacial score (nSPS) is 20.2. The number of rotatable bonds is 3. The third-order valence-corrected chi connectivity index (χ3v) is 3.54. The number of pyridine rings is 1. The number of hydrogen-bond acceptors (Lipinski definition) is 4. The van der Waals surface area contributed by atoms with E-state index in [0.29, 0.717) is 6.54 Å². The molecule has 0 spiro atoms. The lowest BCUT2D eigenvalue weighted by molar-refractivity contribution is 0.0327. The number of morpholine rings is 1. The molecule has 18 heavy (non-hydrogen) atoms. The molecule has 0 radical (unpaired) electrons. The highest BCUT2D eigenvalue weighted by atomic mass is 16.5. The van der Waals surface area contributed by atoms with Crippen LogP contribution in [0.2, 0.25) is 0 Å². The zero-order chi connectivity index (χ0) is 12.4. The van der Waals surface area contributed by atoms with Gasteiger partial charge >= 0.3 is 0 Å². The Balaban J connectivity index is 1.57. The molecule has 1 amide bonds. The van der Waals surface area contributed by atoms with Crippen LogP contribution in [0.15, 0.2) is 18.3 Å². The van der Waals surface area contributed by atoms with E-state index in [1.165, 1.54) is 0 Å². The average molecular weight is 247 g/mol. The van der Waals surface area contributed by atoms with Gasteiger partial charge in [-0.2, -0.15) is 0 Å².